The van der Waals surface area contributed by atoms with Crippen molar-refractivity contribution < 1.29 is 100 Å². The number of methoxy groups -OCH3 is 4. The fraction of sp³-hybridized carbons (Fsp3) is 0.571. The average molecular weight is 1460 g/mol. The zero-order chi connectivity index (χ0) is 77.0. The standard InChI is InChI=1S/C27H36O7.C27H36O6.C26H34O7.C4H10O/c1-19(2)14-15-21-26(3,34-21)25-24(31-5)20(16-17-27(25)18-32-27)33-23(29)13-11-9-7-6-8-10-12-22(28)30-4;1-19(2)14-15-22-26(4,33-22)25-24(30-5)21(16-17-27(25)18-31-27)32-23(29)13-11-9-7-6-8-10-12-20(3)28;1-18(2)13-14-20-25(3,33-20)24-23(30-4)19(15-16-26(24)17-31-26)32-22(29)12-10-8-6-5-7-9-11-21(27)28;1-3-5-4-2/h6-14,20-21,24-25H,15-18H2,1-5H3;6-14,21-22,24-25H,15-18H2,1-5H3;5-13,19-20,23-24H,14-17H2,1-4H3,(H,27,28);3-4H2,1-2H3/b2*8-6+,9-7+,12-10+,13-11+;7-5+,8-6+,11-9+,12-10+;/t20-,21-,24-,25-,26+,27+;21-,22-,24-,25-,26+,27+;19-,20-,23-,24-,25+,26+;/m111./s1. The van der Waals surface area contributed by atoms with E-state index in [2.05, 4.69) is 85.3 Å². The Morgan fingerprint density at radius 2 is 0.648 bits per heavy atom. The number of carboxylic acid groups (broad SMARTS) is 1. The molecule has 1 N–H and O–H groups in total. The second kappa shape index (κ2) is 41.2. The Labute approximate surface area is 622 Å². The van der Waals surface area contributed by atoms with Crippen LogP contribution in [0.5, 0.6) is 0 Å². The van der Waals surface area contributed by atoms with E-state index in [1.54, 1.807) is 125 Å². The Morgan fingerprint density at radius 3 is 0.867 bits per heavy atom. The fourth-order valence-electron chi connectivity index (χ4n) is 14.7. The van der Waals surface area contributed by atoms with Gasteiger partial charge in [-0.2, -0.15) is 0 Å². The Balaban J connectivity index is 0.000000239. The number of ether oxygens (including phenoxy) is 14. The van der Waals surface area contributed by atoms with Crippen molar-refractivity contribution in [3.63, 3.8) is 0 Å². The largest absolute Gasteiger partial charge is 0.478 e. The van der Waals surface area contributed by atoms with Gasteiger partial charge in [0.05, 0.1) is 63.0 Å². The van der Waals surface area contributed by atoms with Gasteiger partial charge in [0, 0.05) is 64.9 Å². The van der Waals surface area contributed by atoms with Gasteiger partial charge in [0.15, 0.2) is 5.78 Å². The van der Waals surface area contributed by atoms with Crippen molar-refractivity contribution >= 4 is 35.6 Å². The lowest BCUT2D eigenvalue weighted by Gasteiger charge is -2.42. The number of ketones is 1. The first-order valence-corrected chi connectivity index (χ1v) is 36.6. The van der Waals surface area contributed by atoms with Crippen molar-refractivity contribution in [3.05, 3.63) is 181 Å². The van der Waals surface area contributed by atoms with Crippen molar-refractivity contribution in [2.24, 2.45) is 17.8 Å². The molecule has 9 rings (SSSR count). The summed E-state index contributed by atoms with van der Waals surface area (Å²) < 4.78 is 80.7. The van der Waals surface area contributed by atoms with E-state index in [9.17, 15) is 28.8 Å². The lowest BCUT2D eigenvalue weighted by molar-refractivity contribution is -0.167. The van der Waals surface area contributed by atoms with Crippen LogP contribution in [0.4, 0.5) is 0 Å². The van der Waals surface area contributed by atoms with Gasteiger partial charge in [-0.3, -0.25) is 4.79 Å². The number of carbonyl (C=O) groups is 6. The lowest BCUT2D eigenvalue weighted by Crippen LogP contribution is -2.55. The summed E-state index contributed by atoms with van der Waals surface area (Å²) in [6, 6.07) is 0. The molecule has 578 valence electrons. The number of hydrogen-bond acceptors (Lipinski definition) is 20. The van der Waals surface area contributed by atoms with Crippen LogP contribution in [0.15, 0.2) is 181 Å². The van der Waals surface area contributed by atoms with Gasteiger partial charge in [-0.1, -0.05) is 144 Å². The van der Waals surface area contributed by atoms with Gasteiger partial charge in [-0.05, 0) is 147 Å². The van der Waals surface area contributed by atoms with Crippen molar-refractivity contribution in [2.45, 2.75) is 229 Å². The molecule has 6 aliphatic heterocycles. The molecule has 0 aromatic carbocycles. The Bertz CT molecular complexity index is 3230. The zero-order valence-electron chi connectivity index (χ0n) is 64.5. The third-order valence-corrected chi connectivity index (χ3v) is 20.3. The molecule has 3 spiro atoms. The van der Waals surface area contributed by atoms with Crippen LogP contribution in [-0.4, -0.2) is 191 Å². The summed E-state index contributed by atoms with van der Waals surface area (Å²) in [5.74, 6) is -2.68. The Kier molecular flexibility index (Phi) is 34.0. The molecular weight excluding hydrogens is 1340 g/mol. The molecule has 9 aliphatic rings. The minimum absolute atomic E-state index is 0.000769. The summed E-state index contributed by atoms with van der Waals surface area (Å²) in [5.41, 5.74) is 1.99. The molecule has 0 amide bonds. The van der Waals surface area contributed by atoms with Gasteiger partial charge in [0.2, 0.25) is 0 Å². The van der Waals surface area contributed by atoms with Crippen LogP contribution in [0.3, 0.4) is 0 Å². The van der Waals surface area contributed by atoms with Crippen molar-refractivity contribution in [1.82, 2.24) is 0 Å². The molecule has 18 atom stereocenters. The second-order valence-electron chi connectivity index (χ2n) is 28.8. The highest BCUT2D eigenvalue weighted by Gasteiger charge is 2.75. The summed E-state index contributed by atoms with van der Waals surface area (Å²) in [6.07, 6.45) is 50.0. The maximum Gasteiger partial charge on any atom is 0.331 e. The quantitative estimate of drug-likeness (QED) is 0.0164. The highest BCUT2D eigenvalue weighted by atomic mass is 16.7. The van der Waals surface area contributed by atoms with Crippen LogP contribution in [0.2, 0.25) is 0 Å². The van der Waals surface area contributed by atoms with E-state index in [-0.39, 0.29) is 112 Å². The third-order valence-electron chi connectivity index (χ3n) is 20.3. The molecule has 0 radical (unpaired) electrons. The van der Waals surface area contributed by atoms with Crippen LogP contribution < -0.4 is 0 Å². The molecule has 9 fully saturated rings. The molecule has 21 heteroatoms. The topological polar surface area (TPSA) is 272 Å². The Hall–Kier alpha value is -7.28. The molecule has 0 unspecified atom stereocenters. The van der Waals surface area contributed by atoms with Gasteiger partial charge >= 0.3 is 29.8 Å². The van der Waals surface area contributed by atoms with E-state index in [0.717, 1.165) is 57.8 Å². The number of hydrogen-bond donors (Lipinski definition) is 1. The van der Waals surface area contributed by atoms with Crippen molar-refractivity contribution in [2.75, 3.05) is 61.5 Å². The van der Waals surface area contributed by atoms with Crippen LogP contribution in [0, 0.1) is 17.8 Å². The molecule has 6 heterocycles. The highest BCUT2D eigenvalue weighted by Crippen LogP contribution is 2.62. The number of allylic oxidation sites excluding steroid dienone is 22. The Morgan fingerprint density at radius 1 is 0.390 bits per heavy atom. The minimum Gasteiger partial charge on any atom is -0.478 e. The number of esters is 4. The zero-order valence-corrected chi connectivity index (χ0v) is 64.5. The third kappa shape index (κ3) is 26.0. The molecule has 0 bridgehead atoms. The number of rotatable bonds is 32. The minimum atomic E-state index is -1.00. The molecular formula is C84H116O21. The van der Waals surface area contributed by atoms with E-state index in [4.69, 9.17) is 66.7 Å². The predicted molar refractivity (Wildman–Crippen MR) is 400 cm³/mol. The monoisotopic (exact) mass is 1460 g/mol. The average Bonchev–Trinajstić information content (AvgIpc) is 1.55. The number of carbonyl (C=O) groups excluding carboxylic acids is 5. The van der Waals surface area contributed by atoms with Crippen molar-refractivity contribution in [1.29, 1.82) is 0 Å². The molecule has 21 nitrogen and oxygen atoms in total. The summed E-state index contributed by atoms with van der Waals surface area (Å²) in [5, 5.41) is 8.51. The van der Waals surface area contributed by atoms with Gasteiger partial charge < -0.3 is 71.4 Å². The first-order valence-electron chi connectivity index (χ1n) is 36.6. The summed E-state index contributed by atoms with van der Waals surface area (Å²) in [6.45, 7) is 28.1. The molecule has 6 saturated heterocycles. The van der Waals surface area contributed by atoms with Gasteiger partial charge in [-0.15, -0.1) is 0 Å². The predicted octanol–water partition coefficient (Wildman–Crippen LogP) is 13.4. The summed E-state index contributed by atoms with van der Waals surface area (Å²) in [4.78, 5) is 69.5. The van der Waals surface area contributed by atoms with Gasteiger partial charge in [0.1, 0.15) is 70.2 Å². The van der Waals surface area contributed by atoms with E-state index < -0.39 is 29.8 Å². The van der Waals surface area contributed by atoms with Crippen molar-refractivity contribution in [3.8, 4) is 0 Å². The maximum absolute atomic E-state index is 12.5. The number of carboxylic acids is 1. The van der Waals surface area contributed by atoms with Gasteiger partial charge in [-0.25, -0.2) is 24.0 Å². The van der Waals surface area contributed by atoms with E-state index in [1.807, 2.05) is 13.8 Å². The molecule has 3 aliphatic carbocycles. The summed E-state index contributed by atoms with van der Waals surface area (Å²) in [7, 11) is 6.31. The molecule has 0 aromatic rings. The lowest BCUT2D eigenvalue weighted by atomic mass is 9.68. The second-order valence-corrected chi connectivity index (χ2v) is 28.8. The highest BCUT2D eigenvalue weighted by molar-refractivity contribution is 5.87. The molecule has 3 saturated carbocycles. The van der Waals surface area contributed by atoms with E-state index in [0.29, 0.717) is 39.1 Å². The maximum atomic E-state index is 12.5. The molecule has 0 aromatic heterocycles. The SMILES string of the molecule is CCOCC.COC(=O)/C=C/C=C/C=C/C=C/C(=O)O[C@@H]1CC[C@]2(CO2)[C@@H]([C@@]2(C)O[C@@H]2CC=C(C)C)[C@@H]1OC.CO[C@@H]1[C@H](OC(=O)/C=C/C=C/C=C/C=C/C(=O)O)CC[C@]2(CO2)[C@H]1[C@@]1(C)O[C@@H]1CC=C(C)C.CO[C@@H]1[C@H](OC(=O)/C=C/C=C/C=C/C=C/C(C)=O)CC[C@]2(CO2)[C@H]1[C@@]1(C)O[C@@H]1CC=C(C)C. The van der Waals surface area contributed by atoms with Gasteiger partial charge in [0.25, 0.3) is 0 Å². The summed E-state index contributed by atoms with van der Waals surface area (Å²) >= 11 is 0. The van der Waals surface area contributed by atoms with E-state index in [1.165, 1.54) is 67.2 Å². The first-order chi connectivity index (χ1) is 50.1. The van der Waals surface area contributed by atoms with E-state index >= 15 is 0 Å². The first kappa shape index (κ1) is 86.6. The van der Waals surface area contributed by atoms with Crippen LogP contribution in [0.25, 0.3) is 0 Å². The van der Waals surface area contributed by atoms with Crippen LogP contribution in [0.1, 0.15) is 141 Å². The fourth-order valence-corrected chi connectivity index (χ4v) is 14.7. The molecule has 105 heavy (non-hydrogen) atoms. The van der Waals surface area contributed by atoms with Crippen LogP contribution in [-0.2, 0) is 95.1 Å². The normalized spacial score (nSPS) is 34.1. The number of epoxide rings is 6. The number of aliphatic carboxylic acids is 1. The smallest absolute Gasteiger partial charge is 0.331 e. The van der Waals surface area contributed by atoms with Crippen LogP contribution >= 0.6 is 0 Å².